The van der Waals surface area contributed by atoms with Gasteiger partial charge in [-0.2, -0.15) is 0 Å². The maximum atomic E-state index is 11.8. The van der Waals surface area contributed by atoms with Crippen LogP contribution in [0.2, 0.25) is 0 Å². The summed E-state index contributed by atoms with van der Waals surface area (Å²) < 4.78 is 10.4. The predicted octanol–water partition coefficient (Wildman–Crippen LogP) is 1.57. The number of hydrogen-bond acceptors (Lipinski definition) is 4. The molecule has 1 aromatic carbocycles. The van der Waals surface area contributed by atoms with Gasteiger partial charge in [-0.15, -0.1) is 0 Å². The summed E-state index contributed by atoms with van der Waals surface area (Å²) in [7, 11) is 3.18. The maximum absolute atomic E-state index is 11.8. The minimum absolute atomic E-state index is 0.000597. The molecule has 0 heterocycles. The zero-order valence-electron chi connectivity index (χ0n) is 12.2. The summed E-state index contributed by atoms with van der Waals surface area (Å²) in [5, 5.41) is 2.83. The monoisotopic (exact) mass is 278 g/mol. The number of rotatable bonds is 7. The normalized spacial score (nSPS) is 12.2. The number of carbonyl (C=O) groups is 1. The Balaban J connectivity index is 2.80. The van der Waals surface area contributed by atoms with E-state index < -0.39 is 0 Å². The molecule has 110 valence electrons. The highest BCUT2D eigenvalue weighted by Gasteiger charge is 2.06. The number of amides is 1. The van der Waals surface area contributed by atoms with Crippen molar-refractivity contribution in [2.75, 3.05) is 20.8 Å². The third-order valence-electron chi connectivity index (χ3n) is 2.97. The first kappa shape index (κ1) is 16.0. The van der Waals surface area contributed by atoms with Crippen LogP contribution in [0.25, 0.3) is 6.08 Å². The second kappa shape index (κ2) is 8.22. The van der Waals surface area contributed by atoms with E-state index >= 15 is 0 Å². The van der Waals surface area contributed by atoms with Crippen molar-refractivity contribution in [1.29, 1.82) is 0 Å². The summed E-state index contributed by atoms with van der Waals surface area (Å²) in [6, 6.07) is 5.41. The van der Waals surface area contributed by atoms with Gasteiger partial charge in [-0.1, -0.05) is 6.92 Å². The lowest BCUT2D eigenvalue weighted by atomic mass is 10.1. The fraction of sp³-hybridized carbons (Fsp3) is 0.400. The number of carbonyl (C=O) groups excluding carboxylic acids is 1. The minimum atomic E-state index is -0.174. The van der Waals surface area contributed by atoms with Crippen molar-refractivity contribution in [3.8, 4) is 11.5 Å². The molecular weight excluding hydrogens is 256 g/mol. The van der Waals surface area contributed by atoms with Crippen molar-refractivity contribution in [2.24, 2.45) is 5.73 Å². The second-order valence-electron chi connectivity index (χ2n) is 4.29. The van der Waals surface area contributed by atoms with Crippen LogP contribution in [0.3, 0.4) is 0 Å². The molecule has 0 bridgehead atoms. The molecular formula is C15H22N2O3. The summed E-state index contributed by atoms with van der Waals surface area (Å²) >= 11 is 0. The molecule has 0 aliphatic heterocycles. The van der Waals surface area contributed by atoms with Crippen LogP contribution in [-0.4, -0.2) is 32.7 Å². The van der Waals surface area contributed by atoms with Gasteiger partial charge in [0.25, 0.3) is 0 Å². The highest BCUT2D eigenvalue weighted by molar-refractivity contribution is 5.92. The Morgan fingerprint density at radius 3 is 2.70 bits per heavy atom. The molecule has 1 atom stereocenters. The fourth-order valence-electron chi connectivity index (χ4n) is 1.71. The zero-order chi connectivity index (χ0) is 15.0. The molecule has 5 nitrogen and oxygen atoms in total. The second-order valence-corrected chi connectivity index (χ2v) is 4.29. The molecule has 0 radical (unpaired) electrons. The van der Waals surface area contributed by atoms with Crippen LogP contribution >= 0.6 is 0 Å². The number of nitrogens with one attached hydrogen (secondary N) is 1. The van der Waals surface area contributed by atoms with Gasteiger partial charge >= 0.3 is 0 Å². The first-order valence-electron chi connectivity index (χ1n) is 6.55. The average Bonchev–Trinajstić information content (AvgIpc) is 2.50. The van der Waals surface area contributed by atoms with Gasteiger partial charge in [0.2, 0.25) is 5.91 Å². The van der Waals surface area contributed by atoms with Crippen molar-refractivity contribution >= 4 is 12.0 Å². The van der Waals surface area contributed by atoms with Crippen molar-refractivity contribution in [2.45, 2.75) is 19.4 Å². The van der Waals surface area contributed by atoms with Gasteiger partial charge in [-0.05, 0) is 30.7 Å². The number of hydrogen-bond donors (Lipinski definition) is 2. The average molecular weight is 278 g/mol. The van der Waals surface area contributed by atoms with Crippen LogP contribution in [0.5, 0.6) is 11.5 Å². The lowest BCUT2D eigenvalue weighted by Crippen LogP contribution is -2.38. The highest BCUT2D eigenvalue weighted by Crippen LogP contribution is 2.24. The topological polar surface area (TPSA) is 73.6 Å². The lowest BCUT2D eigenvalue weighted by molar-refractivity contribution is -0.117. The molecule has 0 saturated carbocycles. The SMILES string of the molecule is CCC(CN)NC(=O)/C=C/c1cc(OC)ccc1OC. The predicted molar refractivity (Wildman–Crippen MR) is 79.9 cm³/mol. The molecule has 0 spiro atoms. The molecule has 5 heteroatoms. The fourth-order valence-corrected chi connectivity index (χ4v) is 1.71. The van der Waals surface area contributed by atoms with E-state index in [1.165, 1.54) is 6.08 Å². The Kier molecular flexibility index (Phi) is 6.59. The van der Waals surface area contributed by atoms with E-state index in [9.17, 15) is 4.79 Å². The molecule has 0 aromatic heterocycles. The van der Waals surface area contributed by atoms with Crippen LogP contribution in [0, 0.1) is 0 Å². The van der Waals surface area contributed by atoms with Crippen molar-refractivity contribution in [3.05, 3.63) is 29.8 Å². The van der Waals surface area contributed by atoms with Gasteiger partial charge in [0.1, 0.15) is 11.5 Å². The Labute approximate surface area is 119 Å². The van der Waals surface area contributed by atoms with Gasteiger partial charge in [0, 0.05) is 24.2 Å². The van der Waals surface area contributed by atoms with Gasteiger partial charge in [-0.25, -0.2) is 0 Å². The van der Waals surface area contributed by atoms with E-state index in [-0.39, 0.29) is 11.9 Å². The van der Waals surface area contributed by atoms with Gasteiger partial charge in [-0.3, -0.25) is 4.79 Å². The largest absolute Gasteiger partial charge is 0.497 e. The Hall–Kier alpha value is -2.01. The van der Waals surface area contributed by atoms with E-state index in [1.54, 1.807) is 32.4 Å². The molecule has 1 amide bonds. The molecule has 20 heavy (non-hydrogen) atoms. The van der Waals surface area contributed by atoms with Crippen molar-refractivity contribution < 1.29 is 14.3 Å². The van der Waals surface area contributed by atoms with E-state index in [0.29, 0.717) is 18.0 Å². The molecule has 1 aromatic rings. The van der Waals surface area contributed by atoms with E-state index in [4.69, 9.17) is 15.2 Å². The summed E-state index contributed by atoms with van der Waals surface area (Å²) in [6.45, 7) is 2.41. The standard InChI is InChI=1S/C15H22N2O3/c1-4-12(10-16)17-15(18)8-5-11-9-13(19-2)6-7-14(11)20-3/h5-9,12H,4,10,16H2,1-3H3,(H,17,18)/b8-5+. The maximum Gasteiger partial charge on any atom is 0.244 e. The van der Waals surface area contributed by atoms with Crippen molar-refractivity contribution in [1.82, 2.24) is 5.32 Å². The Morgan fingerprint density at radius 1 is 1.40 bits per heavy atom. The third-order valence-corrected chi connectivity index (χ3v) is 2.97. The molecule has 0 saturated heterocycles. The van der Waals surface area contributed by atoms with E-state index in [2.05, 4.69) is 5.32 Å². The lowest BCUT2D eigenvalue weighted by Gasteiger charge is -2.12. The zero-order valence-corrected chi connectivity index (χ0v) is 12.2. The molecule has 0 aliphatic carbocycles. The molecule has 1 unspecified atom stereocenters. The summed E-state index contributed by atoms with van der Waals surface area (Å²) in [5.41, 5.74) is 6.33. The molecule has 1 rings (SSSR count). The van der Waals surface area contributed by atoms with E-state index in [1.807, 2.05) is 13.0 Å². The number of methoxy groups -OCH3 is 2. The van der Waals surface area contributed by atoms with Crippen LogP contribution < -0.4 is 20.5 Å². The summed E-state index contributed by atoms with van der Waals surface area (Å²) in [6.07, 6.45) is 3.97. The van der Waals surface area contributed by atoms with Gasteiger partial charge in [0.15, 0.2) is 0 Å². The Bertz CT molecular complexity index is 468. The molecule has 0 fully saturated rings. The highest BCUT2D eigenvalue weighted by atomic mass is 16.5. The smallest absolute Gasteiger partial charge is 0.244 e. The molecule has 3 N–H and O–H groups in total. The molecule has 0 aliphatic rings. The number of nitrogens with two attached hydrogens (primary N) is 1. The van der Waals surface area contributed by atoms with Gasteiger partial charge in [0.05, 0.1) is 14.2 Å². The quantitative estimate of drug-likeness (QED) is 0.743. The Morgan fingerprint density at radius 2 is 2.15 bits per heavy atom. The van der Waals surface area contributed by atoms with Crippen LogP contribution in [-0.2, 0) is 4.79 Å². The third kappa shape index (κ3) is 4.59. The first-order chi connectivity index (χ1) is 9.64. The summed E-state index contributed by atoms with van der Waals surface area (Å²) in [5.74, 6) is 1.21. The summed E-state index contributed by atoms with van der Waals surface area (Å²) in [4.78, 5) is 11.8. The van der Waals surface area contributed by atoms with Crippen LogP contribution in [0.15, 0.2) is 24.3 Å². The number of benzene rings is 1. The number of ether oxygens (including phenoxy) is 2. The van der Waals surface area contributed by atoms with Crippen LogP contribution in [0.4, 0.5) is 0 Å². The minimum Gasteiger partial charge on any atom is -0.497 e. The van der Waals surface area contributed by atoms with Gasteiger partial charge < -0.3 is 20.5 Å². The van der Waals surface area contributed by atoms with E-state index in [0.717, 1.165) is 12.0 Å². The van der Waals surface area contributed by atoms with Crippen molar-refractivity contribution in [3.63, 3.8) is 0 Å². The van der Waals surface area contributed by atoms with Crippen LogP contribution in [0.1, 0.15) is 18.9 Å². The first-order valence-corrected chi connectivity index (χ1v) is 6.55.